The van der Waals surface area contributed by atoms with Crippen LogP contribution in [0.5, 0.6) is 0 Å². The summed E-state index contributed by atoms with van der Waals surface area (Å²) in [5, 5.41) is 8.73. The molecule has 1 saturated heterocycles. The molecule has 0 aliphatic carbocycles. The highest BCUT2D eigenvalue weighted by molar-refractivity contribution is 5.94. The topological polar surface area (TPSA) is 43.8 Å². The predicted octanol–water partition coefficient (Wildman–Crippen LogP) is 1.45. The molecule has 5 heteroatoms. The van der Waals surface area contributed by atoms with Crippen molar-refractivity contribution in [3.8, 4) is 0 Å². The van der Waals surface area contributed by atoms with Gasteiger partial charge in [0.25, 0.3) is 0 Å². The molecule has 92 valence electrons. The van der Waals surface area contributed by atoms with E-state index in [9.17, 15) is 9.18 Å². The molecule has 4 nitrogen and oxygen atoms in total. The lowest BCUT2D eigenvalue weighted by molar-refractivity contribution is 0.211. The fraction of sp³-hybridized carbons (Fsp3) is 0.417. The smallest absolute Gasteiger partial charge is 0.324 e. The quantitative estimate of drug-likeness (QED) is 0.862. The van der Waals surface area contributed by atoms with Gasteiger partial charge in [-0.25, -0.2) is 9.18 Å². The number of amides is 2. The molecule has 0 unspecified atom stereocenters. The minimum Gasteiger partial charge on any atom is -0.396 e. The van der Waals surface area contributed by atoms with E-state index in [-0.39, 0.29) is 18.5 Å². The van der Waals surface area contributed by atoms with Crippen molar-refractivity contribution in [3.05, 3.63) is 30.1 Å². The molecular weight excluding hydrogens is 223 g/mol. The Labute approximate surface area is 99.3 Å². The fourth-order valence-electron chi connectivity index (χ4n) is 1.91. The Morgan fingerprint density at radius 1 is 1.24 bits per heavy atom. The number of carbonyl (C=O) groups excluding carboxylic acids is 1. The fourth-order valence-corrected chi connectivity index (χ4v) is 1.91. The molecule has 1 heterocycles. The third kappa shape index (κ3) is 2.55. The Kier molecular flexibility index (Phi) is 3.58. The van der Waals surface area contributed by atoms with Gasteiger partial charge < -0.3 is 10.0 Å². The number of nitrogens with zero attached hydrogens (tertiary/aromatic N) is 2. The molecule has 2 amide bonds. The van der Waals surface area contributed by atoms with Gasteiger partial charge in [0.2, 0.25) is 0 Å². The highest BCUT2D eigenvalue weighted by Crippen LogP contribution is 2.20. The van der Waals surface area contributed by atoms with Crippen molar-refractivity contribution < 1.29 is 14.3 Å². The summed E-state index contributed by atoms with van der Waals surface area (Å²) in [7, 11) is 0. The molecule has 0 atom stereocenters. The lowest BCUT2D eigenvalue weighted by Gasteiger charge is -2.18. The van der Waals surface area contributed by atoms with E-state index in [1.54, 1.807) is 21.9 Å². The van der Waals surface area contributed by atoms with E-state index in [2.05, 4.69) is 0 Å². The van der Waals surface area contributed by atoms with E-state index in [1.807, 2.05) is 0 Å². The first-order chi connectivity index (χ1) is 8.22. The van der Waals surface area contributed by atoms with Gasteiger partial charge in [0, 0.05) is 31.9 Å². The van der Waals surface area contributed by atoms with Crippen LogP contribution < -0.4 is 4.90 Å². The van der Waals surface area contributed by atoms with Crippen molar-refractivity contribution in [2.24, 2.45) is 0 Å². The average molecular weight is 238 g/mol. The Hall–Kier alpha value is -1.62. The third-order valence-corrected chi connectivity index (χ3v) is 2.82. The Morgan fingerprint density at radius 2 is 1.94 bits per heavy atom. The highest BCUT2D eigenvalue weighted by atomic mass is 19.1. The number of hydrogen-bond donors (Lipinski definition) is 1. The molecule has 1 fully saturated rings. The molecule has 1 N–H and O–H groups in total. The summed E-state index contributed by atoms with van der Waals surface area (Å²) in [5.41, 5.74) is 0.711. The van der Waals surface area contributed by atoms with Gasteiger partial charge in [-0.3, -0.25) is 4.90 Å². The van der Waals surface area contributed by atoms with Crippen LogP contribution in [0, 0.1) is 5.82 Å². The highest BCUT2D eigenvalue weighted by Gasteiger charge is 2.28. The second-order valence-electron chi connectivity index (χ2n) is 3.97. The SMILES string of the molecule is O=C1N(CCCO)CCN1c1ccc(F)cc1. The molecule has 1 aliphatic rings. The van der Waals surface area contributed by atoms with Crippen LogP contribution in [0.1, 0.15) is 6.42 Å². The zero-order valence-corrected chi connectivity index (χ0v) is 9.47. The first-order valence-corrected chi connectivity index (χ1v) is 5.65. The molecule has 1 aromatic carbocycles. The van der Waals surface area contributed by atoms with E-state index < -0.39 is 0 Å². The molecule has 17 heavy (non-hydrogen) atoms. The summed E-state index contributed by atoms with van der Waals surface area (Å²) >= 11 is 0. The normalized spacial score (nSPS) is 15.8. The van der Waals surface area contributed by atoms with E-state index in [0.717, 1.165) is 0 Å². The molecule has 0 saturated carbocycles. The number of aliphatic hydroxyl groups excluding tert-OH is 1. The maximum atomic E-state index is 12.8. The zero-order chi connectivity index (χ0) is 12.3. The number of aliphatic hydroxyl groups is 1. The van der Waals surface area contributed by atoms with E-state index in [1.165, 1.54) is 12.1 Å². The van der Waals surface area contributed by atoms with E-state index in [0.29, 0.717) is 31.7 Å². The molecule has 2 rings (SSSR count). The summed E-state index contributed by atoms with van der Waals surface area (Å²) in [4.78, 5) is 15.3. The van der Waals surface area contributed by atoms with Gasteiger partial charge >= 0.3 is 6.03 Å². The number of halogens is 1. The molecule has 0 aromatic heterocycles. The van der Waals surface area contributed by atoms with Crippen LogP contribution in [0.15, 0.2) is 24.3 Å². The average Bonchev–Trinajstić information content (AvgIpc) is 2.69. The van der Waals surface area contributed by atoms with Crippen molar-refractivity contribution in [2.45, 2.75) is 6.42 Å². The summed E-state index contributed by atoms with van der Waals surface area (Å²) in [6.45, 7) is 1.90. The maximum absolute atomic E-state index is 12.8. The largest absolute Gasteiger partial charge is 0.396 e. The van der Waals surface area contributed by atoms with Crippen LogP contribution in [-0.4, -0.2) is 42.3 Å². The Morgan fingerprint density at radius 3 is 2.59 bits per heavy atom. The standard InChI is InChI=1S/C12H15FN2O2/c13-10-2-4-11(5-3-10)15-8-7-14(12(15)17)6-1-9-16/h2-5,16H,1,6-9H2. The third-order valence-electron chi connectivity index (χ3n) is 2.82. The van der Waals surface area contributed by atoms with Gasteiger partial charge in [-0.05, 0) is 30.7 Å². The molecule has 0 bridgehead atoms. The van der Waals surface area contributed by atoms with Gasteiger partial charge in [0.15, 0.2) is 0 Å². The van der Waals surface area contributed by atoms with Gasteiger partial charge in [-0.2, -0.15) is 0 Å². The summed E-state index contributed by atoms with van der Waals surface area (Å²) in [6.07, 6.45) is 0.586. The van der Waals surface area contributed by atoms with Gasteiger partial charge in [-0.15, -0.1) is 0 Å². The number of carbonyl (C=O) groups is 1. The number of rotatable bonds is 4. The number of anilines is 1. The summed E-state index contributed by atoms with van der Waals surface area (Å²) in [5.74, 6) is -0.308. The van der Waals surface area contributed by atoms with Crippen LogP contribution in [0.3, 0.4) is 0 Å². The minimum atomic E-state index is -0.308. The predicted molar refractivity (Wildman–Crippen MR) is 62.4 cm³/mol. The minimum absolute atomic E-state index is 0.0786. The van der Waals surface area contributed by atoms with Crippen molar-refractivity contribution in [1.29, 1.82) is 0 Å². The number of benzene rings is 1. The van der Waals surface area contributed by atoms with Gasteiger partial charge in [0.1, 0.15) is 5.82 Å². The van der Waals surface area contributed by atoms with Gasteiger partial charge in [0.05, 0.1) is 0 Å². The Balaban J connectivity index is 2.04. The van der Waals surface area contributed by atoms with Crippen molar-refractivity contribution in [3.63, 3.8) is 0 Å². The van der Waals surface area contributed by atoms with Crippen molar-refractivity contribution in [2.75, 3.05) is 31.1 Å². The van der Waals surface area contributed by atoms with E-state index >= 15 is 0 Å². The molecular formula is C12H15FN2O2. The summed E-state index contributed by atoms with van der Waals surface area (Å²) < 4.78 is 12.8. The first-order valence-electron chi connectivity index (χ1n) is 5.65. The first kappa shape index (κ1) is 11.9. The van der Waals surface area contributed by atoms with Crippen LogP contribution >= 0.6 is 0 Å². The van der Waals surface area contributed by atoms with Crippen molar-refractivity contribution >= 4 is 11.7 Å². The number of hydrogen-bond acceptors (Lipinski definition) is 2. The van der Waals surface area contributed by atoms with Crippen molar-refractivity contribution in [1.82, 2.24) is 4.90 Å². The lowest BCUT2D eigenvalue weighted by Crippen LogP contribution is -2.32. The van der Waals surface area contributed by atoms with Crippen LogP contribution in [0.4, 0.5) is 14.9 Å². The monoisotopic (exact) mass is 238 g/mol. The molecule has 0 radical (unpaired) electrons. The molecule has 0 spiro atoms. The second-order valence-corrected chi connectivity index (χ2v) is 3.97. The summed E-state index contributed by atoms with van der Waals surface area (Å²) in [6, 6.07) is 5.81. The Bertz CT molecular complexity index is 394. The van der Waals surface area contributed by atoms with E-state index in [4.69, 9.17) is 5.11 Å². The maximum Gasteiger partial charge on any atom is 0.324 e. The zero-order valence-electron chi connectivity index (χ0n) is 9.47. The number of urea groups is 1. The molecule has 1 aromatic rings. The second kappa shape index (κ2) is 5.14. The lowest BCUT2D eigenvalue weighted by atomic mass is 10.3. The van der Waals surface area contributed by atoms with Crippen LogP contribution in [0.2, 0.25) is 0 Å². The van der Waals surface area contributed by atoms with Gasteiger partial charge in [-0.1, -0.05) is 0 Å². The molecule has 1 aliphatic heterocycles. The van der Waals surface area contributed by atoms with Crippen LogP contribution in [-0.2, 0) is 0 Å². The van der Waals surface area contributed by atoms with Crippen LogP contribution in [0.25, 0.3) is 0 Å².